The van der Waals surface area contributed by atoms with Gasteiger partial charge in [-0.3, -0.25) is 81.9 Å². The molecule has 110 heavy (non-hydrogen) atoms. The van der Waals surface area contributed by atoms with Gasteiger partial charge in [0.05, 0.1) is 75.5 Å². The fourth-order valence-electron chi connectivity index (χ4n) is 12.2. The molecule has 36 nitrogen and oxygen atoms in total. The molecule has 0 bridgehead atoms. The average molecular weight is 1560 g/mol. The van der Waals surface area contributed by atoms with Crippen molar-refractivity contribution in [3.05, 3.63) is 0 Å². The van der Waals surface area contributed by atoms with Crippen molar-refractivity contribution >= 4 is 99.7 Å². The second kappa shape index (κ2) is 57.7. The number of nitrogens with one attached hydrogen (secondary N) is 7. The Kier molecular flexibility index (Phi) is 53.4. The molecule has 0 heterocycles. The first-order chi connectivity index (χ1) is 52.0. The van der Waals surface area contributed by atoms with E-state index in [9.17, 15) is 92.3 Å². The third-order valence-electron chi connectivity index (χ3n) is 19.0. The number of aliphatic hydroxyl groups excluding tert-OH is 4. The number of Topliss-reactive ketones (excluding diaryl/α,β-unsaturated/α-hetero) is 7. The first kappa shape index (κ1) is 102. The van der Waals surface area contributed by atoms with Crippen LogP contribution in [0, 0.1) is 59.2 Å². The molecule has 0 aromatic heterocycles. The van der Waals surface area contributed by atoms with E-state index in [2.05, 4.69) is 47.2 Å². The molecule has 0 aromatic carbocycles. The number of nitrogens with zero attached hydrogens (tertiary/aromatic N) is 2. The van der Waals surface area contributed by atoms with Crippen LogP contribution in [0.3, 0.4) is 0 Å². The first-order valence-electron chi connectivity index (χ1n) is 38.6. The molecule has 13 atom stereocenters. The molecule has 27 N–H and O–H groups in total. The minimum absolute atomic E-state index is 0.0588. The summed E-state index contributed by atoms with van der Waals surface area (Å²) in [5, 5.41) is 58.9. The molecule has 0 unspecified atom stereocenters. The van der Waals surface area contributed by atoms with E-state index < -0.39 is 243 Å². The summed E-state index contributed by atoms with van der Waals surface area (Å²) in [5.74, 6) is -19.4. The highest BCUT2D eigenvalue weighted by molar-refractivity contribution is 6.00. The van der Waals surface area contributed by atoms with Crippen LogP contribution in [0.15, 0.2) is 9.98 Å². The third kappa shape index (κ3) is 43.3. The van der Waals surface area contributed by atoms with E-state index in [1.807, 2.05) is 0 Å². The second-order valence-corrected chi connectivity index (χ2v) is 29.4. The van der Waals surface area contributed by atoms with Crippen LogP contribution >= 0.6 is 0 Å². The number of primary amides is 1. The molecule has 0 saturated carbocycles. The summed E-state index contributed by atoms with van der Waals surface area (Å²) in [4.78, 5) is 213. The third-order valence-corrected chi connectivity index (χ3v) is 19.0. The van der Waals surface area contributed by atoms with Crippen molar-refractivity contribution in [2.24, 2.45) is 115 Å². The number of nitrogens with two attached hydrogens (primary N) is 8. The Morgan fingerprint density at radius 3 is 1.21 bits per heavy atom. The highest BCUT2D eigenvalue weighted by atomic mass is 16.3. The van der Waals surface area contributed by atoms with Crippen molar-refractivity contribution in [3.8, 4) is 0 Å². The maximum atomic E-state index is 14.6. The number of ketones is 7. The number of guanidine groups is 2. The summed E-state index contributed by atoms with van der Waals surface area (Å²) in [7, 11) is 0. The van der Waals surface area contributed by atoms with Gasteiger partial charge in [0, 0.05) is 94.0 Å². The van der Waals surface area contributed by atoms with Gasteiger partial charge in [-0.15, -0.1) is 0 Å². The van der Waals surface area contributed by atoms with Gasteiger partial charge in [0.2, 0.25) is 47.3 Å². The Morgan fingerprint density at radius 1 is 0.364 bits per heavy atom. The summed E-state index contributed by atoms with van der Waals surface area (Å²) in [5.41, 5.74) is 44.2. The molecule has 8 amide bonds. The van der Waals surface area contributed by atoms with Crippen molar-refractivity contribution in [2.75, 3.05) is 72.2 Å². The fraction of sp³-hybridized carbons (Fsp3) is 0.770. The van der Waals surface area contributed by atoms with Crippen LogP contribution in [0.4, 0.5) is 0 Å². The zero-order valence-corrected chi connectivity index (χ0v) is 65.8. The Hall–Kier alpha value is -8.29. The summed E-state index contributed by atoms with van der Waals surface area (Å²) in [6, 6.07) is -6.42. The van der Waals surface area contributed by atoms with Gasteiger partial charge in [0.1, 0.15) is 11.8 Å². The van der Waals surface area contributed by atoms with Gasteiger partial charge < -0.3 is 104 Å². The number of carbonyl (C=O) groups is 15. The van der Waals surface area contributed by atoms with E-state index in [4.69, 9.17) is 45.9 Å². The predicted octanol–water partition coefficient (Wildman–Crippen LogP) is -2.83. The largest absolute Gasteiger partial charge is 0.396 e. The summed E-state index contributed by atoms with van der Waals surface area (Å²) in [6.07, 6.45) is 0.457. The Morgan fingerprint density at radius 2 is 0.764 bits per heavy atom. The van der Waals surface area contributed by atoms with Gasteiger partial charge >= 0.3 is 0 Å². The van der Waals surface area contributed by atoms with Crippen LogP contribution in [-0.2, 0) is 71.9 Å². The molecule has 0 saturated heterocycles. The average Bonchev–Trinajstić information content (AvgIpc) is 0.864. The number of amides is 8. The molecular weight excluding hydrogens is 1430 g/mol. The van der Waals surface area contributed by atoms with Crippen LogP contribution in [0.2, 0.25) is 0 Å². The highest BCUT2D eigenvalue weighted by Gasteiger charge is 2.38. The highest BCUT2D eigenvalue weighted by Crippen LogP contribution is 2.26. The number of unbranched alkanes of at least 4 members (excludes halogenated alkanes) is 3. The van der Waals surface area contributed by atoms with E-state index >= 15 is 0 Å². The van der Waals surface area contributed by atoms with Gasteiger partial charge in [0.15, 0.2) is 46.6 Å². The maximum absolute atomic E-state index is 14.6. The zero-order valence-electron chi connectivity index (χ0n) is 65.8. The minimum atomic E-state index is -1.63. The van der Waals surface area contributed by atoms with Gasteiger partial charge in [0.25, 0.3) is 0 Å². The molecule has 0 radical (unpaired) electrons. The number of hydrogen-bond donors (Lipinski definition) is 19. The lowest BCUT2D eigenvalue weighted by atomic mass is 9.83. The number of aliphatic hydroxyl groups is 4. The quantitative estimate of drug-likeness (QED) is 0.0166. The molecule has 0 aliphatic carbocycles. The van der Waals surface area contributed by atoms with E-state index in [1.54, 1.807) is 41.5 Å². The normalized spacial score (nSPS) is 14.9. The van der Waals surface area contributed by atoms with E-state index in [-0.39, 0.29) is 121 Å². The Bertz CT molecular complexity index is 2980. The lowest BCUT2D eigenvalue weighted by Crippen LogP contribution is -2.50. The lowest BCUT2D eigenvalue weighted by Gasteiger charge is -2.29. The van der Waals surface area contributed by atoms with E-state index in [1.165, 1.54) is 6.92 Å². The van der Waals surface area contributed by atoms with Crippen LogP contribution in [0.5, 0.6) is 0 Å². The van der Waals surface area contributed by atoms with E-state index in [0.717, 1.165) is 0 Å². The topological polar surface area (TPSA) is 654 Å². The van der Waals surface area contributed by atoms with Crippen LogP contribution < -0.4 is 83.1 Å². The van der Waals surface area contributed by atoms with E-state index in [0.29, 0.717) is 51.4 Å². The number of aliphatic imine (C=N–C) groups is 2. The van der Waals surface area contributed by atoms with Crippen molar-refractivity contribution in [1.29, 1.82) is 0 Å². The van der Waals surface area contributed by atoms with Crippen molar-refractivity contribution in [3.63, 3.8) is 0 Å². The molecule has 628 valence electrons. The van der Waals surface area contributed by atoms with Gasteiger partial charge in [-0.2, -0.15) is 0 Å². The molecule has 0 aliphatic rings. The molecular formula is C74H133N17O19. The Balaban J connectivity index is 6.62. The van der Waals surface area contributed by atoms with Crippen LogP contribution in [-0.4, -0.2) is 223 Å². The summed E-state index contributed by atoms with van der Waals surface area (Å²) >= 11 is 0. The molecule has 0 aromatic rings. The van der Waals surface area contributed by atoms with Gasteiger partial charge in [-0.25, -0.2) is 0 Å². The van der Waals surface area contributed by atoms with Crippen molar-refractivity contribution < 1.29 is 92.3 Å². The van der Waals surface area contributed by atoms with Crippen molar-refractivity contribution in [1.82, 2.24) is 37.2 Å². The summed E-state index contributed by atoms with van der Waals surface area (Å²) in [6.45, 7) is 8.96. The predicted molar refractivity (Wildman–Crippen MR) is 412 cm³/mol. The summed E-state index contributed by atoms with van der Waals surface area (Å²) < 4.78 is 0. The fourth-order valence-corrected chi connectivity index (χ4v) is 12.2. The maximum Gasteiger partial charge on any atom is 0.236 e. The lowest BCUT2D eigenvalue weighted by molar-refractivity contribution is -0.137. The SMILES string of the molecule is CC[C@H](C)[C@H](CC(=O)[C@H](CCCCN)NC(=O)[C@@H](CC(=O)[C@H](CO)NC(=O)[C@H](CO)CC(=O)CNC(=O)[C@H](CCCN=C(N)N)CC(=O)[C@@H](C)CO)CC(C)C)C(=O)N[C@@H](CC(C)C)C(=O)C[C@@H](CO)C(=O)N[C@@H](CCCCN)C(=O)CCC(=O)N[C@@H](CCCCN)C(=O)C[C@@H](CCCN=C(N)N)C(=O)NCC(N)=O. The standard InChI is InChI=1S/C74H133N17O19/c1-8-45(6)53(36-64(102)56(21-11-14-26-77)89-69(107)49(29-43(2)3)34-63(101)58(42-95)91-70(108)50(40-93)31-52(96)37-85-67(105)47(17-15-27-83-73(79)80)32-60(98)46(7)39-92)72(110)90-57(30-44(4)5)62(100)35-51(41-94)71(109)88-54(19-9-12-24-75)59(97)22-23-66(104)87-55(20-10-13-25-76)61(99)33-48(18-16-28-84-74(81)82)68(106)86-38-65(78)103/h43-51,53-58,92-95H,8-42,75-77H2,1-7H3,(H2,78,103)(H,85,105)(H,86,106)(H,87,104)(H,88,109)(H,89,107)(H,90,110)(H,91,108)(H4,79,80,83)(H4,81,82,84)/t45-,46-,47+,48+,49+,50-,51-,53-,54-,55-,56-,57-,58-/m0/s1. The van der Waals surface area contributed by atoms with Crippen molar-refractivity contribution in [2.45, 2.75) is 233 Å². The number of carbonyl (C=O) groups excluding carboxylic acids is 15. The monoisotopic (exact) mass is 1560 g/mol. The minimum Gasteiger partial charge on any atom is -0.396 e. The second-order valence-electron chi connectivity index (χ2n) is 29.4. The molecule has 0 aliphatic heterocycles. The molecule has 0 rings (SSSR count). The molecule has 0 fully saturated rings. The zero-order chi connectivity index (χ0) is 83.6. The number of rotatable bonds is 66. The molecule has 36 heteroatoms. The first-order valence-corrected chi connectivity index (χ1v) is 38.6. The Labute approximate surface area is 646 Å². The smallest absolute Gasteiger partial charge is 0.236 e. The number of hydrogen-bond acceptors (Lipinski definition) is 24. The molecule has 0 spiro atoms. The van der Waals surface area contributed by atoms with Gasteiger partial charge in [-0.05, 0) is 134 Å². The van der Waals surface area contributed by atoms with Gasteiger partial charge in [-0.1, -0.05) is 54.9 Å². The van der Waals surface area contributed by atoms with Crippen LogP contribution in [0.25, 0.3) is 0 Å². The van der Waals surface area contributed by atoms with Crippen LogP contribution in [0.1, 0.15) is 203 Å².